The summed E-state index contributed by atoms with van der Waals surface area (Å²) in [4.78, 5) is 18.8. The van der Waals surface area contributed by atoms with E-state index >= 15 is 0 Å². The smallest absolute Gasteiger partial charge is 0.227 e. The highest BCUT2D eigenvalue weighted by Crippen LogP contribution is 2.33. The van der Waals surface area contributed by atoms with Crippen LogP contribution in [0.5, 0.6) is 0 Å². The number of carbonyl (C=O) groups is 1. The number of anilines is 1. The summed E-state index contributed by atoms with van der Waals surface area (Å²) in [5, 5.41) is 6.81. The van der Waals surface area contributed by atoms with Crippen LogP contribution in [0.1, 0.15) is 12.3 Å². The first-order valence-corrected chi connectivity index (χ1v) is 10.2. The third-order valence-electron chi connectivity index (χ3n) is 4.25. The Labute approximate surface area is 177 Å². The van der Waals surface area contributed by atoms with Crippen LogP contribution in [0.2, 0.25) is 0 Å². The van der Waals surface area contributed by atoms with E-state index in [0.717, 1.165) is 15.5 Å². The molecule has 30 heavy (non-hydrogen) atoms. The van der Waals surface area contributed by atoms with Gasteiger partial charge in [0.15, 0.2) is 0 Å². The molecule has 1 N–H and O–H groups in total. The van der Waals surface area contributed by atoms with E-state index in [2.05, 4.69) is 15.5 Å². The van der Waals surface area contributed by atoms with Crippen LogP contribution >= 0.6 is 11.8 Å². The van der Waals surface area contributed by atoms with Crippen LogP contribution in [0.4, 0.5) is 10.1 Å². The van der Waals surface area contributed by atoms with E-state index in [1.165, 1.54) is 12.1 Å². The van der Waals surface area contributed by atoms with Crippen LogP contribution in [0.3, 0.4) is 0 Å². The summed E-state index contributed by atoms with van der Waals surface area (Å²) in [6, 6.07) is 23.6. The minimum atomic E-state index is -0.370. The van der Waals surface area contributed by atoms with E-state index in [-0.39, 0.29) is 18.1 Å². The van der Waals surface area contributed by atoms with Crippen molar-refractivity contribution in [1.29, 1.82) is 0 Å². The second-order valence-electron chi connectivity index (χ2n) is 6.48. The molecule has 5 nitrogen and oxygen atoms in total. The number of aromatic nitrogens is 2. The first-order valence-electron chi connectivity index (χ1n) is 9.38. The van der Waals surface area contributed by atoms with Crippen molar-refractivity contribution in [2.75, 3.05) is 5.32 Å². The molecule has 0 bridgehead atoms. The van der Waals surface area contributed by atoms with Crippen LogP contribution in [0, 0.1) is 5.82 Å². The molecule has 0 spiro atoms. The molecule has 0 unspecified atom stereocenters. The molecule has 0 saturated carbocycles. The van der Waals surface area contributed by atoms with Gasteiger partial charge in [-0.2, -0.15) is 4.98 Å². The quantitative estimate of drug-likeness (QED) is 0.422. The number of nitrogens with zero attached hydrogens (tertiary/aromatic N) is 2. The van der Waals surface area contributed by atoms with E-state index in [9.17, 15) is 9.18 Å². The van der Waals surface area contributed by atoms with Gasteiger partial charge in [-0.1, -0.05) is 59.4 Å². The highest BCUT2D eigenvalue weighted by Gasteiger charge is 2.13. The summed E-state index contributed by atoms with van der Waals surface area (Å²) >= 11 is 1.59. The third kappa shape index (κ3) is 5.12. The number of benzene rings is 3. The molecule has 0 fully saturated rings. The summed E-state index contributed by atoms with van der Waals surface area (Å²) in [5.41, 5.74) is 1.28. The van der Waals surface area contributed by atoms with Gasteiger partial charge in [-0.25, -0.2) is 4.39 Å². The molecule has 3 aromatic carbocycles. The van der Waals surface area contributed by atoms with E-state index in [4.69, 9.17) is 4.52 Å². The summed E-state index contributed by atoms with van der Waals surface area (Å²) in [5.74, 6) is 0.109. The highest BCUT2D eigenvalue weighted by molar-refractivity contribution is 7.99. The van der Waals surface area contributed by atoms with Crippen molar-refractivity contribution in [3.05, 3.63) is 90.6 Å². The maximum atomic E-state index is 13.3. The second kappa shape index (κ2) is 9.37. The summed E-state index contributed by atoms with van der Waals surface area (Å²) in [6.45, 7) is 0. The first kappa shape index (κ1) is 19.8. The molecule has 0 aliphatic rings. The van der Waals surface area contributed by atoms with Gasteiger partial charge in [0.25, 0.3) is 0 Å². The summed E-state index contributed by atoms with van der Waals surface area (Å²) < 4.78 is 18.5. The molecule has 1 heterocycles. The number of rotatable bonds is 7. The molecular formula is C23H18FN3O2S. The zero-order chi connectivity index (χ0) is 20.8. The predicted molar refractivity (Wildman–Crippen MR) is 114 cm³/mol. The number of hydrogen-bond donors (Lipinski definition) is 1. The number of halogens is 1. The zero-order valence-electron chi connectivity index (χ0n) is 15.9. The number of para-hydroxylation sites is 1. The van der Waals surface area contributed by atoms with Crippen LogP contribution in [-0.2, 0) is 11.2 Å². The molecule has 0 radical (unpaired) electrons. The van der Waals surface area contributed by atoms with Crippen LogP contribution in [0.25, 0.3) is 11.4 Å². The van der Waals surface area contributed by atoms with Crippen molar-refractivity contribution in [3.8, 4) is 11.4 Å². The fraction of sp³-hybridized carbons (Fsp3) is 0.0870. The van der Waals surface area contributed by atoms with Gasteiger partial charge in [0.1, 0.15) is 5.82 Å². The highest BCUT2D eigenvalue weighted by atomic mass is 32.2. The Balaban J connectivity index is 1.37. The lowest BCUT2D eigenvalue weighted by Gasteiger charge is -2.10. The molecule has 1 amide bonds. The van der Waals surface area contributed by atoms with E-state index in [1.807, 2.05) is 54.6 Å². The Bertz CT molecular complexity index is 1150. The van der Waals surface area contributed by atoms with E-state index in [0.29, 0.717) is 23.7 Å². The molecule has 1 aromatic heterocycles. The third-order valence-corrected chi connectivity index (χ3v) is 5.33. The molecule has 0 aliphatic carbocycles. The number of hydrogen-bond acceptors (Lipinski definition) is 5. The summed E-state index contributed by atoms with van der Waals surface area (Å²) in [7, 11) is 0. The van der Waals surface area contributed by atoms with Crippen molar-refractivity contribution >= 4 is 23.4 Å². The predicted octanol–water partition coefficient (Wildman–Crippen LogP) is 5.60. The van der Waals surface area contributed by atoms with Crippen LogP contribution in [-0.4, -0.2) is 16.0 Å². The first-order chi connectivity index (χ1) is 14.7. The van der Waals surface area contributed by atoms with E-state index < -0.39 is 0 Å². The second-order valence-corrected chi connectivity index (χ2v) is 7.60. The molecule has 150 valence electrons. The van der Waals surface area contributed by atoms with Gasteiger partial charge in [-0.15, -0.1) is 0 Å². The SMILES string of the molecule is O=C(CCc1nc(-c2cccc(F)c2)no1)Nc1ccccc1Sc1ccccc1. The standard InChI is InChI=1S/C23H18FN3O2S/c24-17-8-6-7-16(15-17)23-26-22(29-27-23)14-13-21(28)25-19-11-4-5-12-20(19)30-18-9-2-1-3-10-18/h1-12,15H,13-14H2,(H,25,28). The lowest BCUT2D eigenvalue weighted by molar-refractivity contribution is -0.116. The lowest BCUT2D eigenvalue weighted by atomic mass is 10.2. The zero-order valence-corrected chi connectivity index (χ0v) is 16.7. The average molecular weight is 419 g/mol. The number of amides is 1. The van der Waals surface area contributed by atoms with Gasteiger partial charge in [0.2, 0.25) is 17.6 Å². The average Bonchev–Trinajstić information content (AvgIpc) is 3.24. The van der Waals surface area contributed by atoms with Crippen LogP contribution < -0.4 is 5.32 Å². The molecular weight excluding hydrogens is 401 g/mol. The molecule has 0 saturated heterocycles. The summed E-state index contributed by atoms with van der Waals surface area (Å²) in [6.07, 6.45) is 0.483. The molecule has 0 atom stereocenters. The Morgan fingerprint density at radius 3 is 2.63 bits per heavy atom. The normalized spacial score (nSPS) is 10.7. The number of nitrogens with one attached hydrogen (secondary N) is 1. The monoisotopic (exact) mass is 419 g/mol. The van der Waals surface area contributed by atoms with Gasteiger partial charge in [0.05, 0.1) is 5.69 Å². The molecule has 4 rings (SSSR count). The maximum absolute atomic E-state index is 13.3. The van der Waals surface area contributed by atoms with Gasteiger partial charge >= 0.3 is 0 Å². The Kier molecular flexibility index (Phi) is 6.20. The fourth-order valence-corrected chi connectivity index (χ4v) is 3.73. The Morgan fingerprint density at radius 2 is 1.80 bits per heavy atom. The van der Waals surface area contributed by atoms with Crippen molar-refractivity contribution in [2.45, 2.75) is 22.6 Å². The van der Waals surface area contributed by atoms with Crippen molar-refractivity contribution < 1.29 is 13.7 Å². The molecule has 7 heteroatoms. The van der Waals surface area contributed by atoms with Crippen molar-refractivity contribution in [2.24, 2.45) is 0 Å². The Hall–Kier alpha value is -3.45. The van der Waals surface area contributed by atoms with Crippen molar-refractivity contribution in [3.63, 3.8) is 0 Å². The van der Waals surface area contributed by atoms with Gasteiger partial charge in [-0.05, 0) is 36.4 Å². The maximum Gasteiger partial charge on any atom is 0.227 e. The minimum Gasteiger partial charge on any atom is -0.339 e. The van der Waals surface area contributed by atoms with Gasteiger partial charge in [-0.3, -0.25) is 4.79 Å². The van der Waals surface area contributed by atoms with Crippen molar-refractivity contribution in [1.82, 2.24) is 10.1 Å². The minimum absolute atomic E-state index is 0.151. The number of aryl methyl sites for hydroxylation is 1. The number of carbonyl (C=O) groups excluding carboxylic acids is 1. The van der Waals surface area contributed by atoms with E-state index in [1.54, 1.807) is 23.9 Å². The topological polar surface area (TPSA) is 68.0 Å². The largest absolute Gasteiger partial charge is 0.339 e. The van der Waals surface area contributed by atoms with Gasteiger partial charge in [0, 0.05) is 28.2 Å². The van der Waals surface area contributed by atoms with Gasteiger partial charge < -0.3 is 9.84 Å². The lowest BCUT2D eigenvalue weighted by Crippen LogP contribution is -2.13. The molecule has 4 aromatic rings. The fourth-order valence-electron chi connectivity index (χ4n) is 2.81. The molecule has 0 aliphatic heterocycles. The van der Waals surface area contributed by atoms with Crippen LogP contribution in [0.15, 0.2) is 93.2 Å². The Morgan fingerprint density at radius 1 is 1.00 bits per heavy atom.